The molecule has 6 aromatic rings. The van der Waals surface area contributed by atoms with Gasteiger partial charge in [0.15, 0.2) is 11.6 Å². The minimum absolute atomic E-state index is 0.000262. The van der Waals surface area contributed by atoms with E-state index in [1.165, 1.54) is 36.4 Å². The summed E-state index contributed by atoms with van der Waals surface area (Å²) in [4.78, 5) is 76.7. The molecule has 2 heterocycles. The second-order valence-corrected chi connectivity index (χ2v) is 14.6. The van der Waals surface area contributed by atoms with Crippen LogP contribution < -0.4 is 9.64 Å². The van der Waals surface area contributed by atoms with Crippen LogP contribution >= 0.6 is 23.2 Å². The summed E-state index contributed by atoms with van der Waals surface area (Å²) in [5, 5.41) is 33.5. The quantitative estimate of drug-likeness (QED) is 0.0887. The van der Waals surface area contributed by atoms with Crippen LogP contribution in [-0.4, -0.2) is 75.0 Å². The number of esters is 2. The topological polar surface area (TPSA) is 199 Å². The van der Waals surface area contributed by atoms with E-state index in [0.29, 0.717) is 21.9 Å². The molecule has 0 fully saturated rings. The van der Waals surface area contributed by atoms with Crippen molar-refractivity contribution in [1.82, 2.24) is 4.57 Å². The number of imide groups is 1. The number of rotatable bonds is 10. The molecule has 14 nitrogen and oxygen atoms in total. The number of phenolic OH excluding ortho intramolecular Hbond substituents is 1. The van der Waals surface area contributed by atoms with Gasteiger partial charge in [-0.2, -0.15) is 0 Å². The number of ether oxygens (including phenoxy) is 3. The lowest BCUT2D eigenvalue weighted by atomic mass is 9.86. The molecular weight excluding hydrogens is 843 g/mol. The van der Waals surface area contributed by atoms with E-state index in [1.54, 1.807) is 69.3 Å². The van der Waals surface area contributed by atoms with Gasteiger partial charge in [-0.05, 0) is 56.2 Å². The maximum absolute atomic E-state index is 13.4. The summed E-state index contributed by atoms with van der Waals surface area (Å²) in [5.74, 6) is -4.52. The Hall–Kier alpha value is -7.16. The highest BCUT2D eigenvalue weighted by atomic mass is 35.5. The molecule has 0 saturated carbocycles. The molecule has 2 aliphatic rings. The number of benzene rings is 5. The summed E-state index contributed by atoms with van der Waals surface area (Å²) in [6.45, 7) is 5.98. The van der Waals surface area contributed by atoms with Gasteiger partial charge >= 0.3 is 11.9 Å². The van der Waals surface area contributed by atoms with E-state index >= 15 is 0 Å². The van der Waals surface area contributed by atoms with Crippen LogP contribution in [0.3, 0.4) is 0 Å². The van der Waals surface area contributed by atoms with Crippen molar-refractivity contribution in [3.63, 3.8) is 0 Å². The molecule has 3 N–H and O–H groups in total. The summed E-state index contributed by atoms with van der Waals surface area (Å²) < 4.78 is 16.5. The summed E-state index contributed by atoms with van der Waals surface area (Å²) in [6.07, 6.45) is 0.0108. The number of hydrogen-bond donors (Lipinski definition) is 3. The number of anilines is 1. The van der Waals surface area contributed by atoms with Gasteiger partial charge in [-0.1, -0.05) is 83.9 Å². The highest BCUT2D eigenvalue weighted by molar-refractivity contribution is 6.42. The molecule has 1 aliphatic heterocycles. The second-order valence-electron chi connectivity index (χ2n) is 13.8. The fourth-order valence-corrected chi connectivity index (χ4v) is 8.00. The number of phenols is 1. The Morgan fingerprint density at radius 3 is 1.53 bits per heavy atom. The molecule has 1 aromatic heterocycles. The van der Waals surface area contributed by atoms with Crippen molar-refractivity contribution >= 4 is 75.0 Å². The normalized spacial score (nSPS) is 12.7. The zero-order valence-electron chi connectivity index (χ0n) is 33.3. The lowest BCUT2D eigenvalue weighted by Crippen LogP contribution is -2.29. The fraction of sp³-hybridized carbons (Fsp3) is 0.174. The Kier molecular flexibility index (Phi) is 12.1. The van der Waals surface area contributed by atoms with Gasteiger partial charge in [0, 0.05) is 21.9 Å². The maximum Gasteiger partial charge on any atom is 0.310 e. The third-order valence-electron chi connectivity index (χ3n) is 10.1. The van der Waals surface area contributed by atoms with Crippen LogP contribution in [0.15, 0.2) is 84.9 Å². The third-order valence-corrected chi connectivity index (χ3v) is 10.7. The van der Waals surface area contributed by atoms with Gasteiger partial charge in [-0.25, -0.2) is 9.47 Å². The monoisotopic (exact) mass is 878 g/mol. The average molecular weight is 880 g/mol. The van der Waals surface area contributed by atoms with Crippen molar-refractivity contribution in [2.24, 2.45) is 0 Å². The SMILES string of the molecule is CCOC(=O)Cc1ccc(-n2c(O)c3c(c2O)C(=O)c2ccccc2C3=O)c(Cl)c1.CCOC(=O)Cc1ccc(N2C(=O)c3c(c(OCC)c4ccccc4c3O)C2=O)c(Cl)c1. The van der Waals surface area contributed by atoms with Crippen molar-refractivity contribution in [1.29, 1.82) is 0 Å². The Morgan fingerprint density at radius 1 is 0.581 bits per heavy atom. The van der Waals surface area contributed by atoms with Crippen molar-refractivity contribution < 1.29 is 58.3 Å². The van der Waals surface area contributed by atoms with E-state index in [0.717, 1.165) is 9.47 Å². The van der Waals surface area contributed by atoms with Gasteiger partial charge in [-0.15, -0.1) is 0 Å². The first-order valence-corrected chi connectivity index (χ1v) is 20.0. The number of nitrogens with zero attached hydrogens (tertiary/aromatic N) is 2. The number of carbonyl (C=O) groups is 6. The van der Waals surface area contributed by atoms with Crippen LogP contribution in [-0.2, 0) is 31.9 Å². The first kappa shape index (κ1) is 42.9. The number of aromatic nitrogens is 1. The molecule has 0 saturated heterocycles. The van der Waals surface area contributed by atoms with Crippen molar-refractivity contribution in [3.05, 3.63) is 139 Å². The number of ketones is 2. The summed E-state index contributed by atoms with van der Waals surface area (Å²) in [6, 6.07) is 22.2. The third kappa shape index (κ3) is 7.47. The Labute approximate surface area is 363 Å². The number of carbonyl (C=O) groups excluding carboxylic acids is 6. The van der Waals surface area contributed by atoms with Crippen LogP contribution in [0.1, 0.15) is 84.5 Å². The van der Waals surface area contributed by atoms with E-state index in [1.807, 2.05) is 0 Å². The highest BCUT2D eigenvalue weighted by Gasteiger charge is 2.44. The van der Waals surface area contributed by atoms with Gasteiger partial charge < -0.3 is 29.5 Å². The molecule has 1 aliphatic carbocycles. The minimum Gasteiger partial charge on any atom is -0.506 e. The number of aromatic hydroxyl groups is 3. The number of amides is 2. The first-order valence-electron chi connectivity index (χ1n) is 19.3. The van der Waals surface area contributed by atoms with Crippen LogP contribution in [0, 0.1) is 0 Å². The number of halogens is 2. The summed E-state index contributed by atoms with van der Waals surface area (Å²) in [5.41, 5.74) is 1.08. The predicted molar refractivity (Wildman–Crippen MR) is 227 cm³/mol. The molecule has 62 heavy (non-hydrogen) atoms. The van der Waals surface area contributed by atoms with Crippen LogP contribution in [0.4, 0.5) is 5.69 Å². The number of fused-ring (bicyclic) bond motifs is 4. The average Bonchev–Trinajstić information content (AvgIpc) is 3.66. The zero-order chi connectivity index (χ0) is 44.6. The van der Waals surface area contributed by atoms with Gasteiger partial charge in [-0.3, -0.25) is 28.8 Å². The largest absolute Gasteiger partial charge is 0.506 e. The second kappa shape index (κ2) is 17.4. The van der Waals surface area contributed by atoms with Crippen molar-refractivity contribution in [2.75, 3.05) is 24.7 Å². The van der Waals surface area contributed by atoms with Gasteiger partial charge in [0.1, 0.15) is 11.5 Å². The van der Waals surface area contributed by atoms with Crippen LogP contribution in [0.25, 0.3) is 16.5 Å². The predicted octanol–water partition coefficient (Wildman–Crippen LogP) is 7.93. The van der Waals surface area contributed by atoms with E-state index in [4.69, 9.17) is 37.4 Å². The van der Waals surface area contributed by atoms with E-state index in [-0.39, 0.29) is 99.0 Å². The first-order chi connectivity index (χ1) is 29.7. The van der Waals surface area contributed by atoms with Crippen molar-refractivity contribution in [2.45, 2.75) is 33.6 Å². The molecule has 0 spiro atoms. The fourth-order valence-electron chi connectivity index (χ4n) is 7.43. The smallest absolute Gasteiger partial charge is 0.310 e. The number of hydrogen-bond acceptors (Lipinski definition) is 12. The molecule has 5 aromatic carbocycles. The molecule has 0 radical (unpaired) electrons. The Bertz CT molecular complexity index is 2830. The van der Waals surface area contributed by atoms with Crippen LogP contribution in [0.2, 0.25) is 10.0 Å². The molecule has 16 heteroatoms. The molecule has 2 amide bonds. The van der Waals surface area contributed by atoms with E-state index < -0.39 is 47.1 Å². The van der Waals surface area contributed by atoms with Crippen molar-refractivity contribution in [3.8, 4) is 28.9 Å². The molecular formula is C46H36Cl2N2O12. The van der Waals surface area contributed by atoms with Gasteiger partial charge in [0.25, 0.3) is 11.8 Å². The lowest BCUT2D eigenvalue weighted by molar-refractivity contribution is -0.143. The van der Waals surface area contributed by atoms with Gasteiger partial charge in [0.05, 0.1) is 76.3 Å². The van der Waals surface area contributed by atoms with Gasteiger partial charge in [0.2, 0.25) is 11.8 Å². The minimum atomic E-state index is -0.700. The lowest BCUT2D eigenvalue weighted by Gasteiger charge is -2.16. The Morgan fingerprint density at radius 2 is 1.05 bits per heavy atom. The van der Waals surface area contributed by atoms with E-state index in [2.05, 4.69) is 0 Å². The maximum atomic E-state index is 13.4. The van der Waals surface area contributed by atoms with Crippen LogP contribution in [0.5, 0.6) is 23.3 Å². The van der Waals surface area contributed by atoms with E-state index in [9.17, 15) is 44.1 Å². The molecule has 8 rings (SSSR count). The highest BCUT2D eigenvalue weighted by Crippen LogP contribution is 2.47. The molecule has 0 atom stereocenters. The Balaban J connectivity index is 0.000000187. The summed E-state index contributed by atoms with van der Waals surface area (Å²) in [7, 11) is 0. The zero-order valence-corrected chi connectivity index (χ0v) is 34.8. The molecule has 316 valence electrons. The molecule has 0 bridgehead atoms. The summed E-state index contributed by atoms with van der Waals surface area (Å²) >= 11 is 12.7. The molecule has 0 unspecified atom stereocenters. The standard InChI is InChI=1S/C24H20ClNO6.C22H16ClNO6/c1-3-31-18(27)12-13-9-10-17(16(25)11-13)26-23(29)19-20(24(26)30)22(32-4-2)15-8-6-5-7-14(15)21(19)28;1-2-30-16(25)10-11-7-8-15(14(23)9-11)24-21(28)17-18(22(24)29)20(27)13-6-4-3-5-12(13)19(17)26/h5-11,28H,3-4,12H2,1-2H3;3-9,28-29H,2,10H2,1H3.